The summed E-state index contributed by atoms with van der Waals surface area (Å²) in [6, 6.07) is 12.7. The van der Waals surface area contributed by atoms with Crippen LogP contribution in [0.15, 0.2) is 76.5 Å². The van der Waals surface area contributed by atoms with Gasteiger partial charge < -0.3 is 19.3 Å². The van der Waals surface area contributed by atoms with Gasteiger partial charge in [-0.15, -0.1) is 5.10 Å². The number of hydrogen-bond donors (Lipinski definition) is 1. The zero-order valence-electron chi connectivity index (χ0n) is 19.9. The lowest BCUT2D eigenvalue weighted by Crippen LogP contribution is -2.58. The van der Waals surface area contributed by atoms with Crippen LogP contribution in [-0.2, 0) is 14.2 Å². The maximum Gasteiger partial charge on any atom is 0.184 e. The number of halogens is 4. The van der Waals surface area contributed by atoms with Crippen LogP contribution in [-0.4, -0.2) is 55.4 Å². The van der Waals surface area contributed by atoms with Crippen molar-refractivity contribution < 1.29 is 28.1 Å². The van der Waals surface area contributed by atoms with Crippen molar-refractivity contribution in [2.24, 2.45) is 0 Å². The Hall–Kier alpha value is -2.45. The van der Waals surface area contributed by atoms with Crippen LogP contribution < -0.4 is 0 Å². The SMILES string of the molecule is OC1C(n2cc(-c3cc(F)c(Cl)c(F)c3)nn2)[C@H]2OC(c3ccccc3)OCC2O[C@@H]1Sc1cncc(Br)c1. The summed E-state index contributed by atoms with van der Waals surface area (Å²) in [6.45, 7) is 0.205. The summed E-state index contributed by atoms with van der Waals surface area (Å²) in [5, 5.41) is 19.3. The molecular formula is C26H20BrClF2N4O4S. The zero-order valence-corrected chi connectivity index (χ0v) is 23.1. The minimum absolute atomic E-state index is 0.153. The van der Waals surface area contributed by atoms with E-state index in [9.17, 15) is 13.9 Å². The van der Waals surface area contributed by atoms with E-state index in [0.717, 1.165) is 27.1 Å². The van der Waals surface area contributed by atoms with E-state index in [2.05, 4.69) is 31.2 Å². The average molecular weight is 638 g/mol. The van der Waals surface area contributed by atoms with Gasteiger partial charge in [-0.05, 0) is 34.1 Å². The van der Waals surface area contributed by atoms with Crippen molar-refractivity contribution in [3.8, 4) is 11.3 Å². The van der Waals surface area contributed by atoms with Gasteiger partial charge in [0.05, 0.1) is 12.8 Å². The Kier molecular flexibility index (Phi) is 7.68. The summed E-state index contributed by atoms with van der Waals surface area (Å²) in [4.78, 5) is 4.96. The number of pyridine rings is 1. The van der Waals surface area contributed by atoms with E-state index in [1.54, 1.807) is 12.4 Å². The number of benzene rings is 2. The normalized spacial score (nSPS) is 26.8. The lowest BCUT2D eigenvalue weighted by molar-refractivity contribution is -0.306. The summed E-state index contributed by atoms with van der Waals surface area (Å²) in [7, 11) is 0. The van der Waals surface area contributed by atoms with Crippen molar-refractivity contribution in [1.29, 1.82) is 0 Å². The van der Waals surface area contributed by atoms with Gasteiger partial charge in [-0.1, -0.05) is 58.9 Å². The number of rotatable bonds is 5. The minimum atomic E-state index is -1.11. The van der Waals surface area contributed by atoms with Crippen LogP contribution in [0.2, 0.25) is 5.02 Å². The van der Waals surface area contributed by atoms with Crippen molar-refractivity contribution >= 4 is 39.3 Å². The molecule has 2 aliphatic heterocycles. The largest absolute Gasteiger partial charge is 0.387 e. The van der Waals surface area contributed by atoms with Crippen molar-refractivity contribution in [2.45, 2.75) is 41.0 Å². The molecule has 2 saturated heterocycles. The van der Waals surface area contributed by atoms with Crippen molar-refractivity contribution in [2.75, 3.05) is 6.61 Å². The Balaban J connectivity index is 1.34. The zero-order chi connectivity index (χ0) is 27.1. The molecule has 2 aromatic heterocycles. The Labute approximate surface area is 239 Å². The second kappa shape index (κ2) is 11.2. The minimum Gasteiger partial charge on any atom is -0.387 e. The first-order chi connectivity index (χ1) is 18.9. The van der Waals surface area contributed by atoms with Crippen molar-refractivity contribution in [1.82, 2.24) is 20.0 Å². The number of hydrogen-bond acceptors (Lipinski definition) is 8. The Morgan fingerprint density at radius 2 is 1.85 bits per heavy atom. The second-order valence-electron chi connectivity index (χ2n) is 9.00. The summed E-state index contributed by atoms with van der Waals surface area (Å²) >= 11 is 10.3. The Morgan fingerprint density at radius 1 is 1.08 bits per heavy atom. The fraction of sp³-hybridized carbons (Fsp3) is 0.269. The predicted molar refractivity (Wildman–Crippen MR) is 142 cm³/mol. The highest BCUT2D eigenvalue weighted by molar-refractivity contribution is 9.10. The van der Waals surface area contributed by atoms with E-state index in [4.69, 9.17) is 25.8 Å². The maximum atomic E-state index is 14.1. The van der Waals surface area contributed by atoms with Crippen LogP contribution in [0.5, 0.6) is 0 Å². The third-order valence-corrected chi connectivity index (χ3v) is 8.34. The number of fused-ring (bicyclic) bond motifs is 1. The van der Waals surface area contributed by atoms with Crippen LogP contribution in [0.1, 0.15) is 17.9 Å². The fourth-order valence-electron chi connectivity index (χ4n) is 4.61. The van der Waals surface area contributed by atoms with Gasteiger partial charge in [0.2, 0.25) is 0 Å². The summed E-state index contributed by atoms with van der Waals surface area (Å²) in [5.74, 6) is -1.82. The van der Waals surface area contributed by atoms with E-state index in [-0.39, 0.29) is 17.9 Å². The summed E-state index contributed by atoms with van der Waals surface area (Å²) < 4.78 is 49.1. The Morgan fingerprint density at radius 3 is 2.59 bits per heavy atom. The molecule has 0 amide bonds. The summed E-state index contributed by atoms with van der Waals surface area (Å²) in [6.07, 6.45) is 1.82. The molecule has 0 spiro atoms. The van der Waals surface area contributed by atoms with Crippen molar-refractivity contribution in [3.63, 3.8) is 0 Å². The third-order valence-electron chi connectivity index (χ3n) is 6.43. The molecule has 13 heteroatoms. The number of aliphatic hydroxyl groups is 1. The topological polar surface area (TPSA) is 91.5 Å². The molecule has 0 bridgehead atoms. The van der Waals surface area contributed by atoms with Crippen LogP contribution in [0.25, 0.3) is 11.3 Å². The molecule has 6 atom stereocenters. The second-order valence-corrected chi connectivity index (χ2v) is 11.5. The standard InChI is InChI=1S/C26H20BrClF2N4O4S/c27-15-8-16(10-31-9-15)39-26-23(35)22(24-20(37-26)12-36-25(38-24)13-4-2-1-3-5-13)34-11-19(32-33-34)14-6-17(29)21(28)18(30)7-14/h1-11,20,22-26,35H,12H2/t20?,22?,23?,24-,25?,26+/m0/s1. The number of thioether (sulfide) groups is 1. The molecule has 1 N–H and O–H groups in total. The highest BCUT2D eigenvalue weighted by Gasteiger charge is 2.51. The van der Waals surface area contributed by atoms with E-state index in [0.29, 0.717) is 0 Å². The van der Waals surface area contributed by atoms with Crippen LogP contribution in [0, 0.1) is 11.6 Å². The lowest BCUT2D eigenvalue weighted by atomic mass is 9.96. The fourth-order valence-corrected chi connectivity index (χ4v) is 6.32. The molecule has 6 rings (SSSR count). The van der Waals surface area contributed by atoms with E-state index >= 15 is 0 Å². The molecule has 4 aromatic rings. The molecule has 2 fully saturated rings. The Bertz CT molecular complexity index is 1460. The molecule has 2 aromatic carbocycles. The van der Waals surface area contributed by atoms with E-state index < -0.39 is 52.7 Å². The highest BCUT2D eigenvalue weighted by Crippen LogP contribution is 2.43. The van der Waals surface area contributed by atoms with Gasteiger partial charge >= 0.3 is 0 Å². The molecule has 0 saturated carbocycles. The van der Waals surface area contributed by atoms with Crippen LogP contribution >= 0.6 is 39.3 Å². The van der Waals surface area contributed by atoms with E-state index in [1.165, 1.54) is 22.6 Å². The van der Waals surface area contributed by atoms with E-state index in [1.807, 2.05) is 36.4 Å². The smallest absolute Gasteiger partial charge is 0.184 e. The first kappa shape index (κ1) is 26.8. The van der Waals surface area contributed by atoms with Crippen LogP contribution in [0.4, 0.5) is 8.78 Å². The van der Waals surface area contributed by atoms with Gasteiger partial charge in [-0.3, -0.25) is 4.98 Å². The summed E-state index contributed by atoms with van der Waals surface area (Å²) in [5.41, 5.74) is 0.435. The van der Waals surface area contributed by atoms with Gasteiger partial charge in [-0.25, -0.2) is 13.5 Å². The monoisotopic (exact) mass is 636 g/mol. The van der Waals surface area contributed by atoms with Gasteiger partial charge in [0.15, 0.2) is 6.29 Å². The quantitative estimate of drug-likeness (QED) is 0.284. The molecule has 8 nitrogen and oxygen atoms in total. The number of nitrogens with zero attached hydrogens (tertiary/aromatic N) is 4. The molecule has 0 radical (unpaired) electrons. The molecule has 202 valence electrons. The number of aromatic nitrogens is 4. The maximum absolute atomic E-state index is 14.1. The molecule has 4 unspecified atom stereocenters. The van der Waals surface area contributed by atoms with Gasteiger partial charge in [0.1, 0.15) is 52.1 Å². The average Bonchev–Trinajstić information content (AvgIpc) is 3.42. The molecule has 4 heterocycles. The van der Waals surface area contributed by atoms with Gasteiger partial charge in [0, 0.05) is 32.9 Å². The third kappa shape index (κ3) is 5.47. The molecule has 2 aliphatic rings. The van der Waals surface area contributed by atoms with Crippen molar-refractivity contribution in [3.05, 3.63) is 93.8 Å². The molecule has 0 aliphatic carbocycles. The van der Waals surface area contributed by atoms with Gasteiger partial charge in [0.25, 0.3) is 0 Å². The first-order valence-electron chi connectivity index (χ1n) is 11.9. The number of ether oxygens (including phenoxy) is 3. The number of aliphatic hydroxyl groups excluding tert-OH is 1. The highest BCUT2D eigenvalue weighted by atomic mass is 79.9. The first-order valence-corrected chi connectivity index (χ1v) is 13.9. The van der Waals surface area contributed by atoms with Gasteiger partial charge in [-0.2, -0.15) is 0 Å². The van der Waals surface area contributed by atoms with Crippen LogP contribution in [0.3, 0.4) is 0 Å². The predicted octanol–water partition coefficient (Wildman–Crippen LogP) is 5.57. The molecule has 39 heavy (non-hydrogen) atoms. The molecular weight excluding hydrogens is 618 g/mol. The lowest BCUT2D eigenvalue weighted by Gasteiger charge is -2.47.